The minimum atomic E-state index is 0.165. The molecule has 2 aromatic carbocycles. The van der Waals surface area contributed by atoms with Gasteiger partial charge < -0.3 is 0 Å². The molecular formula is C20H19NO. The molecule has 2 aromatic rings. The number of carbonyl (C=O) groups is 1. The molecule has 1 aliphatic rings. The van der Waals surface area contributed by atoms with Crippen molar-refractivity contribution in [1.29, 1.82) is 5.26 Å². The second-order valence-electron chi connectivity index (χ2n) is 6.11. The molecule has 1 saturated carbocycles. The third-order valence-electron chi connectivity index (χ3n) is 4.48. The van der Waals surface area contributed by atoms with Crippen molar-refractivity contribution >= 4 is 5.78 Å². The molecule has 0 N–H and O–H groups in total. The molecule has 0 aromatic heterocycles. The van der Waals surface area contributed by atoms with E-state index in [4.69, 9.17) is 5.26 Å². The van der Waals surface area contributed by atoms with Crippen molar-refractivity contribution in [3.05, 3.63) is 60.2 Å². The van der Waals surface area contributed by atoms with Gasteiger partial charge in [0.05, 0.1) is 6.07 Å². The molecule has 1 fully saturated rings. The zero-order valence-corrected chi connectivity index (χ0v) is 12.5. The highest BCUT2D eigenvalue weighted by Crippen LogP contribution is 2.37. The summed E-state index contributed by atoms with van der Waals surface area (Å²) < 4.78 is 0. The molecule has 3 rings (SSSR count). The van der Waals surface area contributed by atoms with Crippen LogP contribution >= 0.6 is 0 Å². The number of ketones is 1. The van der Waals surface area contributed by atoms with Crippen LogP contribution in [0.4, 0.5) is 0 Å². The van der Waals surface area contributed by atoms with Gasteiger partial charge in [-0.3, -0.25) is 4.79 Å². The van der Waals surface area contributed by atoms with E-state index >= 15 is 0 Å². The quantitative estimate of drug-likeness (QED) is 0.818. The lowest BCUT2D eigenvalue weighted by Gasteiger charge is -2.32. The monoisotopic (exact) mass is 289 g/mol. The predicted molar refractivity (Wildman–Crippen MR) is 87.0 cm³/mol. The zero-order chi connectivity index (χ0) is 15.4. The molecule has 2 nitrogen and oxygen atoms in total. The standard InChI is InChI=1S/C20H19NO/c21-10-9-16-12-19(13-16)20(22)14-15-5-4-8-18(11-15)17-6-2-1-3-7-17/h1-8,11,16,19H,9,12-14H2. The Kier molecular flexibility index (Phi) is 4.34. The lowest BCUT2D eigenvalue weighted by atomic mass is 9.70. The van der Waals surface area contributed by atoms with Gasteiger partial charge in [0.1, 0.15) is 5.78 Å². The first-order chi connectivity index (χ1) is 10.8. The number of hydrogen-bond donors (Lipinski definition) is 0. The Morgan fingerprint density at radius 3 is 2.50 bits per heavy atom. The number of hydrogen-bond acceptors (Lipinski definition) is 2. The third kappa shape index (κ3) is 3.26. The van der Waals surface area contributed by atoms with Gasteiger partial charge in [-0.25, -0.2) is 0 Å². The summed E-state index contributed by atoms with van der Waals surface area (Å²) in [7, 11) is 0. The van der Waals surface area contributed by atoms with Crippen molar-refractivity contribution in [3.8, 4) is 17.2 Å². The smallest absolute Gasteiger partial charge is 0.140 e. The van der Waals surface area contributed by atoms with Crippen LogP contribution in [-0.2, 0) is 11.2 Å². The van der Waals surface area contributed by atoms with E-state index in [1.165, 1.54) is 5.56 Å². The molecule has 1 aliphatic carbocycles. The van der Waals surface area contributed by atoms with Gasteiger partial charge in [-0.1, -0.05) is 54.6 Å². The molecule has 0 unspecified atom stereocenters. The van der Waals surface area contributed by atoms with Gasteiger partial charge in [-0.15, -0.1) is 0 Å². The Hall–Kier alpha value is -2.40. The first-order valence-corrected chi connectivity index (χ1v) is 7.80. The van der Waals surface area contributed by atoms with Crippen molar-refractivity contribution in [3.63, 3.8) is 0 Å². The van der Waals surface area contributed by atoms with Crippen LogP contribution in [0.5, 0.6) is 0 Å². The highest BCUT2D eigenvalue weighted by Gasteiger charge is 2.33. The van der Waals surface area contributed by atoms with Crippen molar-refractivity contribution < 1.29 is 4.79 Å². The number of Topliss-reactive ketones (excluding diaryl/α,β-unsaturated/α-hetero) is 1. The maximum absolute atomic E-state index is 12.3. The van der Waals surface area contributed by atoms with Crippen LogP contribution in [-0.4, -0.2) is 5.78 Å². The van der Waals surface area contributed by atoms with Crippen LogP contribution < -0.4 is 0 Å². The Balaban J connectivity index is 1.64. The molecule has 110 valence electrons. The van der Waals surface area contributed by atoms with Crippen LogP contribution in [0.2, 0.25) is 0 Å². The number of benzene rings is 2. The van der Waals surface area contributed by atoms with E-state index in [0.29, 0.717) is 24.5 Å². The molecule has 0 saturated heterocycles. The van der Waals surface area contributed by atoms with E-state index in [0.717, 1.165) is 24.0 Å². The highest BCUT2D eigenvalue weighted by molar-refractivity contribution is 5.84. The summed E-state index contributed by atoms with van der Waals surface area (Å²) in [6, 6.07) is 20.6. The normalized spacial score (nSPS) is 20.0. The minimum Gasteiger partial charge on any atom is -0.299 e. The Morgan fingerprint density at radius 1 is 1.05 bits per heavy atom. The lowest BCUT2D eigenvalue weighted by molar-refractivity contribution is -0.126. The predicted octanol–water partition coefficient (Wildman–Crippen LogP) is 4.41. The SMILES string of the molecule is N#CCC1CC(C(=O)Cc2cccc(-c3ccccc3)c2)C1. The van der Waals surface area contributed by atoms with E-state index in [-0.39, 0.29) is 5.92 Å². The number of carbonyl (C=O) groups excluding carboxylic acids is 1. The number of rotatable bonds is 5. The zero-order valence-electron chi connectivity index (χ0n) is 12.5. The van der Waals surface area contributed by atoms with Crippen LogP contribution in [0.1, 0.15) is 24.8 Å². The Morgan fingerprint density at radius 2 is 1.77 bits per heavy atom. The lowest BCUT2D eigenvalue weighted by Crippen LogP contribution is -2.31. The average Bonchev–Trinajstić information content (AvgIpc) is 2.51. The summed E-state index contributed by atoms with van der Waals surface area (Å²) in [4.78, 5) is 12.3. The van der Waals surface area contributed by atoms with Crippen LogP contribution in [0.25, 0.3) is 11.1 Å². The summed E-state index contributed by atoms with van der Waals surface area (Å²) >= 11 is 0. The topological polar surface area (TPSA) is 40.9 Å². The summed E-state index contributed by atoms with van der Waals surface area (Å²) in [5.41, 5.74) is 3.41. The molecule has 0 atom stereocenters. The highest BCUT2D eigenvalue weighted by atomic mass is 16.1. The molecule has 22 heavy (non-hydrogen) atoms. The molecule has 0 bridgehead atoms. The summed E-state index contributed by atoms with van der Waals surface area (Å²) in [5.74, 6) is 0.924. The maximum atomic E-state index is 12.3. The fourth-order valence-corrected chi connectivity index (χ4v) is 3.13. The van der Waals surface area contributed by atoms with Crippen molar-refractivity contribution in [2.45, 2.75) is 25.7 Å². The molecular weight excluding hydrogens is 270 g/mol. The van der Waals surface area contributed by atoms with Crippen LogP contribution in [0.15, 0.2) is 54.6 Å². The minimum absolute atomic E-state index is 0.165. The van der Waals surface area contributed by atoms with Gasteiger partial charge in [0.2, 0.25) is 0 Å². The Labute approximate surface area is 131 Å². The third-order valence-corrected chi connectivity index (χ3v) is 4.48. The van der Waals surface area contributed by atoms with Gasteiger partial charge in [0, 0.05) is 18.8 Å². The summed E-state index contributed by atoms with van der Waals surface area (Å²) in [6.07, 6.45) is 2.88. The second kappa shape index (κ2) is 6.58. The maximum Gasteiger partial charge on any atom is 0.140 e. The molecule has 2 heteroatoms. The number of nitriles is 1. The molecule has 0 amide bonds. The largest absolute Gasteiger partial charge is 0.299 e. The van der Waals surface area contributed by atoms with E-state index in [1.807, 2.05) is 30.3 Å². The van der Waals surface area contributed by atoms with Crippen molar-refractivity contribution in [2.24, 2.45) is 11.8 Å². The molecule has 0 spiro atoms. The van der Waals surface area contributed by atoms with E-state index in [1.54, 1.807) is 0 Å². The molecule has 0 aliphatic heterocycles. The summed E-state index contributed by atoms with van der Waals surface area (Å²) in [6.45, 7) is 0. The fourth-order valence-electron chi connectivity index (χ4n) is 3.13. The van der Waals surface area contributed by atoms with Gasteiger partial charge in [0.25, 0.3) is 0 Å². The van der Waals surface area contributed by atoms with Gasteiger partial charge in [-0.05, 0) is 35.4 Å². The molecule has 0 heterocycles. The fraction of sp³-hybridized carbons (Fsp3) is 0.300. The van der Waals surface area contributed by atoms with Gasteiger partial charge >= 0.3 is 0 Å². The van der Waals surface area contributed by atoms with E-state index in [9.17, 15) is 4.79 Å². The first-order valence-electron chi connectivity index (χ1n) is 7.80. The summed E-state index contributed by atoms with van der Waals surface area (Å²) in [5, 5.41) is 8.67. The van der Waals surface area contributed by atoms with Gasteiger partial charge in [-0.2, -0.15) is 5.26 Å². The van der Waals surface area contributed by atoms with Crippen molar-refractivity contribution in [2.75, 3.05) is 0 Å². The second-order valence-corrected chi connectivity index (χ2v) is 6.11. The Bertz CT molecular complexity index is 693. The van der Waals surface area contributed by atoms with Crippen molar-refractivity contribution in [1.82, 2.24) is 0 Å². The molecule has 0 radical (unpaired) electrons. The van der Waals surface area contributed by atoms with E-state index in [2.05, 4.69) is 30.3 Å². The number of nitrogens with zero attached hydrogens (tertiary/aromatic N) is 1. The first kappa shape index (κ1) is 14.5. The van der Waals surface area contributed by atoms with E-state index < -0.39 is 0 Å². The average molecular weight is 289 g/mol. The van der Waals surface area contributed by atoms with Crippen LogP contribution in [0.3, 0.4) is 0 Å². The van der Waals surface area contributed by atoms with Gasteiger partial charge in [0.15, 0.2) is 0 Å². The van der Waals surface area contributed by atoms with Crippen LogP contribution in [0, 0.1) is 23.2 Å².